The molecule has 2 N–H and O–H groups in total. The summed E-state index contributed by atoms with van der Waals surface area (Å²) in [5.41, 5.74) is 8.48. The van der Waals surface area contributed by atoms with E-state index in [4.69, 9.17) is 5.73 Å². The summed E-state index contributed by atoms with van der Waals surface area (Å²) in [4.78, 5) is 1.32. The summed E-state index contributed by atoms with van der Waals surface area (Å²) in [6.45, 7) is 0.668. The van der Waals surface area contributed by atoms with Gasteiger partial charge in [0.05, 0.1) is 0 Å². The van der Waals surface area contributed by atoms with Crippen LogP contribution in [0, 0.1) is 0 Å². The molecule has 78 valence electrons. The lowest BCUT2D eigenvalue weighted by Crippen LogP contribution is -1.98. The van der Waals surface area contributed by atoms with Crippen LogP contribution in [0.4, 0.5) is 0 Å². The van der Waals surface area contributed by atoms with Crippen molar-refractivity contribution in [2.24, 2.45) is 5.73 Å². The van der Waals surface area contributed by atoms with Crippen LogP contribution < -0.4 is 5.73 Å². The Balaban J connectivity index is 1.99. The number of thiophene rings is 1. The number of aryl methyl sites for hydroxylation is 2. The highest BCUT2D eigenvalue weighted by molar-refractivity contribution is 7.10. The van der Waals surface area contributed by atoms with E-state index in [1.165, 1.54) is 16.0 Å². The Labute approximate surface area is 94.6 Å². The van der Waals surface area contributed by atoms with E-state index in [9.17, 15) is 0 Å². The molecule has 0 aliphatic carbocycles. The topological polar surface area (TPSA) is 26.0 Å². The maximum atomic E-state index is 5.67. The molecule has 0 amide bonds. The Bertz CT molecular complexity index is 405. The predicted molar refractivity (Wildman–Crippen MR) is 66.1 cm³/mol. The fourth-order valence-corrected chi connectivity index (χ4v) is 2.51. The van der Waals surface area contributed by atoms with Crippen LogP contribution in [0.1, 0.15) is 16.0 Å². The van der Waals surface area contributed by atoms with Gasteiger partial charge in [0.2, 0.25) is 0 Å². The fourth-order valence-electron chi connectivity index (χ4n) is 1.69. The van der Waals surface area contributed by atoms with Gasteiger partial charge >= 0.3 is 0 Å². The van der Waals surface area contributed by atoms with Crippen LogP contribution in [-0.2, 0) is 19.4 Å². The summed E-state index contributed by atoms with van der Waals surface area (Å²) in [6.07, 6.45) is 2.20. The second kappa shape index (κ2) is 5.10. The highest BCUT2D eigenvalue weighted by Gasteiger charge is 2.02. The highest BCUT2D eigenvalue weighted by Crippen LogP contribution is 2.18. The van der Waals surface area contributed by atoms with Crippen molar-refractivity contribution in [1.29, 1.82) is 0 Å². The van der Waals surface area contributed by atoms with Gasteiger partial charge in [0.25, 0.3) is 0 Å². The molecule has 0 bridgehead atoms. The standard InChI is InChI=1S/C13H15NS/c14-10-13-12(8-9-15-13)7-6-11-4-2-1-3-5-11/h1-5,8-9H,6-7,10,14H2. The molecule has 0 spiro atoms. The minimum atomic E-state index is 0.668. The van der Waals surface area contributed by atoms with Crippen molar-refractivity contribution >= 4 is 11.3 Å². The molecule has 1 aromatic heterocycles. The smallest absolute Gasteiger partial charge is 0.0276 e. The quantitative estimate of drug-likeness (QED) is 0.837. The van der Waals surface area contributed by atoms with E-state index in [0.717, 1.165) is 12.8 Å². The molecular weight excluding hydrogens is 202 g/mol. The van der Waals surface area contributed by atoms with Gasteiger partial charge in [-0.05, 0) is 35.4 Å². The van der Waals surface area contributed by atoms with E-state index < -0.39 is 0 Å². The van der Waals surface area contributed by atoms with Crippen molar-refractivity contribution in [1.82, 2.24) is 0 Å². The normalized spacial score (nSPS) is 10.5. The molecule has 0 saturated carbocycles. The zero-order chi connectivity index (χ0) is 10.5. The monoisotopic (exact) mass is 217 g/mol. The maximum Gasteiger partial charge on any atom is 0.0276 e. The Morgan fingerprint density at radius 3 is 2.53 bits per heavy atom. The van der Waals surface area contributed by atoms with Gasteiger partial charge in [-0.3, -0.25) is 0 Å². The van der Waals surface area contributed by atoms with Crippen LogP contribution in [0.3, 0.4) is 0 Å². The van der Waals surface area contributed by atoms with E-state index >= 15 is 0 Å². The molecule has 0 aliphatic heterocycles. The van der Waals surface area contributed by atoms with E-state index in [0.29, 0.717) is 6.54 Å². The lowest BCUT2D eigenvalue weighted by Gasteiger charge is -2.02. The molecule has 0 saturated heterocycles. The molecule has 1 nitrogen and oxygen atoms in total. The first-order chi connectivity index (χ1) is 7.40. The van der Waals surface area contributed by atoms with Crippen LogP contribution in [-0.4, -0.2) is 0 Å². The van der Waals surface area contributed by atoms with Crippen LogP contribution >= 0.6 is 11.3 Å². The van der Waals surface area contributed by atoms with Crippen LogP contribution in [0.2, 0.25) is 0 Å². The van der Waals surface area contributed by atoms with Crippen LogP contribution in [0.5, 0.6) is 0 Å². The summed E-state index contributed by atoms with van der Waals surface area (Å²) in [7, 11) is 0. The third-order valence-electron chi connectivity index (χ3n) is 2.55. The van der Waals surface area contributed by atoms with E-state index in [1.54, 1.807) is 11.3 Å². The number of rotatable bonds is 4. The second-order valence-electron chi connectivity index (χ2n) is 3.56. The van der Waals surface area contributed by atoms with Gasteiger partial charge in [-0.25, -0.2) is 0 Å². The summed E-state index contributed by atoms with van der Waals surface area (Å²) in [5.74, 6) is 0. The first-order valence-electron chi connectivity index (χ1n) is 5.19. The summed E-state index contributed by atoms with van der Waals surface area (Å²) in [5, 5.41) is 2.13. The van der Waals surface area contributed by atoms with Gasteiger partial charge in [-0.1, -0.05) is 30.3 Å². The average molecular weight is 217 g/mol. The molecule has 0 aliphatic rings. The molecule has 1 aromatic carbocycles. The molecule has 15 heavy (non-hydrogen) atoms. The van der Waals surface area contributed by atoms with E-state index in [1.807, 2.05) is 0 Å². The number of benzene rings is 1. The van der Waals surface area contributed by atoms with Crippen molar-refractivity contribution in [3.05, 3.63) is 57.8 Å². The average Bonchev–Trinajstić information content (AvgIpc) is 2.75. The van der Waals surface area contributed by atoms with Crippen molar-refractivity contribution in [2.45, 2.75) is 19.4 Å². The molecule has 1 heterocycles. The molecule has 2 heteroatoms. The lowest BCUT2D eigenvalue weighted by molar-refractivity contribution is 0.938. The minimum absolute atomic E-state index is 0.668. The maximum absolute atomic E-state index is 5.67. The molecule has 0 radical (unpaired) electrons. The van der Waals surface area contributed by atoms with Crippen LogP contribution in [0.25, 0.3) is 0 Å². The second-order valence-corrected chi connectivity index (χ2v) is 4.56. The van der Waals surface area contributed by atoms with Gasteiger partial charge < -0.3 is 5.73 Å². The SMILES string of the molecule is NCc1sccc1CCc1ccccc1. The van der Waals surface area contributed by atoms with Gasteiger partial charge in [-0.2, -0.15) is 0 Å². The molecular formula is C13H15NS. The minimum Gasteiger partial charge on any atom is -0.326 e. The largest absolute Gasteiger partial charge is 0.326 e. The first-order valence-corrected chi connectivity index (χ1v) is 6.07. The lowest BCUT2D eigenvalue weighted by atomic mass is 10.1. The Morgan fingerprint density at radius 1 is 1.00 bits per heavy atom. The van der Waals surface area contributed by atoms with E-state index in [-0.39, 0.29) is 0 Å². The molecule has 2 aromatic rings. The van der Waals surface area contributed by atoms with Gasteiger partial charge in [0, 0.05) is 11.4 Å². The molecule has 0 atom stereocenters. The Hall–Kier alpha value is -1.12. The van der Waals surface area contributed by atoms with E-state index in [2.05, 4.69) is 41.8 Å². The van der Waals surface area contributed by atoms with Crippen molar-refractivity contribution in [3.63, 3.8) is 0 Å². The third kappa shape index (κ3) is 2.67. The van der Waals surface area contributed by atoms with Gasteiger partial charge in [0.1, 0.15) is 0 Å². The van der Waals surface area contributed by atoms with Crippen molar-refractivity contribution in [3.8, 4) is 0 Å². The van der Waals surface area contributed by atoms with Gasteiger partial charge in [0.15, 0.2) is 0 Å². The van der Waals surface area contributed by atoms with Gasteiger partial charge in [-0.15, -0.1) is 11.3 Å². The number of hydrogen-bond donors (Lipinski definition) is 1. The van der Waals surface area contributed by atoms with Crippen molar-refractivity contribution < 1.29 is 0 Å². The zero-order valence-electron chi connectivity index (χ0n) is 8.65. The predicted octanol–water partition coefficient (Wildman–Crippen LogP) is 2.99. The third-order valence-corrected chi connectivity index (χ3v) is 3.53. The van der Waals surface area contributed by atoms with Crippen molar-refractivity contribution in [2.75, 3.05) is 0 Å². The van der Waals surface area contributed by atoms with Crippen LogP contribution in [0.15, 0.2) is 41.8 Å². The number of hydrogen-bond acceptors (Lipinski definition) is 2. The molecule has 0 unspecified atom stereocenters. The summed E-state index contributed by atoms with van der Waals surface area (Å²) >= 11 is 1.76. The fraction of sp³-hybridized carbons (Fsp3) is 0.231. The highest BCUT2D eigenvalue weighted by atomic mass is 32.1. The zero-order valence-corrected chi connectivity index (χ0v) is 9.46. The number of nitrogens with two attached hydrogens (primary N) is 1. The Kier molecular flexibility index (Phi) is 3.54. The first kappa shape index (κ1) is 10.4. The summed E-state index contributed by atoms with van der Waals surface area (Å²) < 4.78 is 0. The Morgan fingerprint density at radius 2 is 1.80 bits per heavy atom. The molecule has 0 fully saturated rings. The molecule has 2 rings (SSSR count). The summed E-state index contributed by atoms with van der Waals surface area (Å²) in [6, 6.07) is 12.8.